The Hall–Kier alpha value is -3.75. The van der Waals surface area contributed by atoms with E-state index in [1.807, 2.05) is 18.2 Å². The van der Waals surface area contributed by atoms with Crippen molar-refractivity contribution in [2.24, 2.45) is 5.41 Å². The minimum atomic E-state index is -0.664. The number of rotatable bonds is 6. The molecule has 0 aliphatic carbocycles. The minimum Gasteiger partial charge on any atom is -0.465 e. The highest BCUT2D eigenvalue weighted by Crippen LogP contribution is 2.23. The largest absolute Gasteiger partial charge is 0.465 e. The van der Waals surface area contributed by atoms with Gasteiger partial charge in [-0.15, -0.1) is 0 Å². The average molecular weight is 423 g/mol. The number of hydrogen-bond acceptors (Lipinski definition) is 8. The van der Waals surface area contributed by atoms with Gasteiger partial charge in [-0.1, -0.05) is 18.2 Å². The molecule has 3 aromatic rings. The molecule has 3 rings (SSSR count). The highest BCUT2D eigenvalue weighted by Gasteiger charge is 2.25. The summed E-state index contributed by atoms with van der Waals surface area (Å²) in [4.78, 5) is 33.4. The fraction of sp³-hybridized carbons (Fsp3) is 0.318. The lowest BCUT2D eigenvalue weighted by atomic mass is 9.98. The molecular weight excluding hydrogens is 398 g/mol. The molecule has 0 unspecified atom stereocenters. The predicted octanol–water partition coefficient (Wildman–Crippen LogP) is 3.22. The first-order valence-electron chi connectivity index (χ1n) is 9.65. The first-order valence-corrected chi connectivity index (χ1v) is 9.65. The second-order valence-electron chi connectivity index (χ2n) is 7.91. The summed E-state index contributed by atoms with van der Waals surface area (Å²) in [5.41, 5.74) is 2.00. The molecule has 9 heteroatoms. The van der Waals surface area contributed by atoms with Crippen molar-refractivity contribution >= 4 is 34.5 Å². The fourth-order valence-corrected chi connectivity index (χ4v) is 2.93. The molecule has 0 saturated carbocycles. The van der Waals surface area contributed by atoms with Gasteiger partial charge in [0.05, 0.1) is 24.4 Å². The number of ether oxygens (including phenoxy) is 2. The zero-order valence-electron chi connectivity index (χ0n) is 18.1. The molecule has 2 heterocycles. The number of esters is 2. The first-order chi connectivity index (χ1) is 14.7. The molecule has 162 valence electrons. The van der Waals surface area contributed by atoms with E-state index in [9.17, 15) is 9.59 Å². The number of hydrogen-bond donors (Lipinski definition) is 2. The predicted molar refractivity (Wildman–Crippen MR) is 116 cm³/mol. The summed E-state index contributed by atoms with van der Waals surface area (Å²) in [5.74, 6) is -0.983. The molecule has 0 aliphatic heterocycles. The van der Waals surface area contributed by atoms with E-state index in [1.54, 1.807) is 33.9 Å². The van der Waals surface area contributed by atoms with Crippen LogP contribution in [-0.4, -0.2) is 46.3 Å². The summed E-state index contributed by atoms with van der Waals surface area (Å²) in [6, 6.07) is 7.36. The van der Waals surface area contributed by atoms with Crippen LogP contribution in [-0.2, 0) is 21.0 Å². The Labute approximate surface area is 179 Å². The molecule has 0 saturated heterocycles. The maximum atomic E-state index is 12.3. The Bertz CT molecular complexity index is 1160. The number of aromatic nitrogens is 3. The molecule has 2 N–H and O–H groups in total. The van der Waals surface area contributed by atoms with E-state index in [2.05, 4.69) is 15.3 Å². The maximum Gasteiger partial charge on any atom is 0.341 e. The summed E-state index contributed by atoms with van der Waals surface area (Å²) >= 11 is 0. The van der Waals surface area contributed by atoms with Crippen molar-refractivity contribution in [1.29, 1.82) is 5.41 Å². The molecular formula is C22H25N5O4. The third-order valence-corrected chi connectivity index (χ3v) is 4.64. The lowest BCUT2D eigenvalue weighted by Crippen LogP contribution is -2.24. The Morgan fingerprint density at radius 3 is 2.55 bits per heavy atom. The van der Waals surface area contributed by atoms with Crippen molar-refractivity contribution in [3.8, 4) is 0 Å². The van der Waals surface area contributed by atoms with E-state index in [0.717, 1.165) is 5.69 Å². The van der Waals surface area contributed by atoms with E-state index in [4.69, 9.17) is 14.9 Å². The van der Waals surface area contributed by atoms with Crippen LogP contribution in [0.25, 0.3) is 11.2 Å². The van der Waals surface area contributed by atoms with Crippen LogP contribution in [0.4, 0.5) is 5.69 Å². The van der Waals surface area contributed by atoms with Crippen molar-refractivity contribution in [2.75, 3.05) is 19.5 Å². The second-order valence-corrected chi connectivity index (χ2v) is 7.91. The van der Waals surface area contributed by atoms with Gasteiger partial charge in [0.2, 0.25) is 0 Å². The quantitative estimate of drug-likeness (QED) is 0.461. The molecule has 0 aliphatic rings. The van der Waals surface area contributed by atoms with Crippen molar-refractivity contribution in [3.63, 3.8) is 0 Å². The van der Waals surface area contributed by atoms with Crippen molar-refractivity contribution in [2.45, 2.75) is 27.5 Å². The zero-order chi connectivity index (χ0) is 22.8. The number of para-hydroxylation sites is 1. The molecule has 31 heavy (non-hydrogen) atoms. The van der Waals surface area contributed by atoms with Gasteiger partial charge in [0, 0.05) is 24.5 Å². The monoisotopic (exact) mass is 423 g/mol. The standard InChI is InChI=1S/C22H25N5O4/c1-22(2,3)21(29)31-12-27-11-14(20(28)30-5)18-19(27)25-10-16(26-18)17(23)13-8-6-7-9-15(13)24-4/h6-11,23-24H,12H2,1-5H3. The summed E-state index contributed by atoms with van der Waals surface area (Å²) in [6.45, 7) is 5.13. The first kappa shape index (κ1) is 21.9. The number of fused-ring (bicyclic) bond motifs is 1. The number of nitrogens with zero attached hydrogens (tertiary/aromatic N) is 3. The number of nitrogens with one attached hydrogen (secondary N) is 2. The van der Waals surface area contributed by atoms with Crippen LogP contribution in [0.5, 0.6) is 0 Å². The van der Waals surface area contributed by atoms with Gasteiger partial charge in [-0.3, -0.25) is 14.8 Å². The minimum absolute atomic E-state index is 0.127. The third-order valence-electron chi connectivity index (χ3n) is 4.64. The number of carbonyl (C=O) groups excluding carboxylic acids is 2. The van der Waals surface area contributed by atoms with Gasteiger partial charge >= 0.3 is 11.9 Å². The van der Waals surface area contributed by atoms with Crippen LogP contribution in [0.2, 0.25) is 0 Å². The van der Waals surface area contributed by atoms with Gasteiger partial charge in [0.1, 0.15) is 16.8 Å². The zero-order valence-corrected chi connectivity index (χ0v) is 18.1. The molecule has 9 nitrogen and oxygen atoms in total. The number of anilines is 1. The van der Waals surface area contributed by atoms with Crippen LogP contribution in [0.15, 0.2) is 36.7 Å². The van der Waals surface area contributed by atoms with Crippen LogP contribution >= 0.6 is 0 Å². The van der Waals surface area contributed by atoms with Crippen LogP contribution < -0.4 is 5.32 Å². The Morgan fingerprint density at radius 2 is 1.90 bits per heavy atom. The molecule has 0 amide bonds. The molecule has 0 fully saturated rings. The molecule has 1 aromatic carbocycles. The van der Waals surface area contributed by atoms with Gasteiger partial charge in [0.25, 0.3) is 0 Å². The Morgan fingerprint density at radius 1 is 1.19 bits per heavy atom. The van der Waals surface area contributed by atoms with Gasteiger partial charge in [-0.25, -0.2) is 14.8 Å². The third kappa shape index (κ3) is 4.40. The maximum absolute atomic E-state index is 12.3. The summed E-state index contributed by atoms with van der Waals surface area (Å²) in [6.07, 6.45) is 2.95. The van der Waals surface area contributed by atoms with Crippen LogP contribution in [0, 0.1) is 10.8 Å². The highest BCUT2D eigenvalue weighted by atomic mass is 16.5. The average Bonchev–Trinajstić information content (AvgIpc) is 3.13. The summed E-state index contributed by atoms with van der Waals surface area (Å²) < 4.78 is 11.7. The van der Waals surface area contributed by atoms with Crippen molar-refractivity contribution < 1.29 is 19.1 Å². The van der Waals surface area contributed by atoms with Gasteiger partial charge in [-0.2, -0.15) is 0 Å². The van der Waals surface area contributed by atoms with Crippen LogP contribution in [0.1, 0.15) is 42.4 Å². The lowest BCUT2D eigenvalue weighted by molar-refractivity contribution is -0.156. The van der Waals surface area contributed by atoms with E-state index < -0.39 is 11.4 Å². The number of methoxy groups -OCH3 is 1. The molecule has 0 spiro atoms. The van der Waals surface area contributed by atoms with Gasteiger partial charge < -0.3 is 14.8 Å². The van der Waals surface area contributed by atoms with E-state index in [1.165, 1.54) is 24.1 Å². The van der Waals surface area contributed by atoms with E-state index in [-0.39, 0.29) is 29.5 Å². The van der Waals surface area contributed by atoms with Gasteiger partial charge in [-0.05, 0) is 26.8 Å². The smallest absolute Gasteiger partial charge is 0.341 e. The second kappa shape index (κ2) is 8.55. The number of carbonyl (C=O) groups is 2. The van der Waals surface area contributed by atoms with E-state index in [0.29, 0.717) is 16.9 Å². The van der Waals surface area contributed by atoms with Crippen molar-refractivity contribution in [3.05, 3.63) is 53.5 Å². The fourth-order valence-electron chi connectivity index (χ4n) is 2.93. The molecule has 2 aromatic heterocycles. The van der Waals surface area contributed by atoms with Gasteiger partial charge in [0.15, 0.2) is 12.4 Å². The van der Waals surface area contributed by atoms with Crippen molar-refractivity contribution in [1.82, 2.24) is 14.5 Å². The number of benzene rings is 1. The molecule has 0 radical (unpaired) electrons. The highest BCUT2D eigenvalue weighted by molar-refractivity contribution is 6.13. The Balaban J connectivity index is 2.04. The summed E-state index contributed by atoms with van der Waals surface area (Å²) in [7, 11) is 3.04. The molecule has 0 bridgehead atoms. The van der Waals surface area contributed by atoms with Crippen LogP contribution in [0.3, 0.4) is 0 Å². The Kier molecular flexibility index (Phi) is 6.05. The summed E-state index contributed by atoms with van der Waals surface area (Å²) in [5, 5.41) is 11.6. The normalized spacial score (nSPS) is 11.3. The topological polar surface area (TPSA) is 119 Å². The lowest BCUT2D eigenvalue weighted by Gasteiger charge is -2.16. The molecule has 0 atom stereocenters. The SMILES string of the molecule is CNc1ccccc1C(=N)c1cnc2c(n1)c(C(=O)OC)cn2COC(=O)C(C)(C)C. The van der Waals surface area contributed by atoms with E-state index >= 15 is 0 Å².